The topological polar surface area (TPSA) is 15.8 Å². The highest BCUT2D eigenvalue weighted by Gasteiger charge is 2.05. The van der Waals surface area contributed by atoms with Crippen molar-refractivity contribution in [3.05, 3.63) is 59.9 Å². The summed E-state index contributed by atoms with van der Waals surface area (Å²) in [5.41, 5.74) is 2.64. The average molecular weight is 184 g/mol. The predicted molar refractivity (Wildman–Crippen MR) is 58.2 cm³/mol. The van der Waals surface area contributed by atoms with Crippen molar-refractivity contribution in [2.75, 3.05) is 0 Å². The molecule has 0 saturated carbocycles. The maximum atomic E-state index is 3.11. The summed E-state index contributed by atoms with van der Waals surface area (Å²) in [6, 6.07) is 12.7. The Morgan fingerprint density at radius 2 is 2.00 bits per heavy atom. The molecule has 0 aliphatic heterocycles. The minimum absolute atomic E-state index is 0.559. The van der Waals surface area contributed by atoms with Crippen LogP contribution in [0.25, 0.3) is 0 Å². The fourth-order valence-corrected chi connectivity index (χ4v) is 1.67. The number of nitrogens with one attached hydrogen (secondary N) is 1. The van der Waals surface area contributed by atoms with Gasteiger partial charge in [0.05, 0.1) is 6.20 Å². The van der Waals surface area contributed by atoms with E-state index in [0.29, 0.717) is 5.92 Å². The lowest BCUT2D eigenvalue weighted by molar-refractivity contribution is 0.759. The van der Waals surface area contributed by atoms with Gasteiger partial charge in [-0.05, 0) is 29.5 Å². The summed E-state index contributed by atoms with van der Waals surface area (Å²) in [4.78, 5) is 2.96. The van der Waals surface area contributed by atoms with Gasteiger partial charge in [0.15, 0.2) is 0 Å². The molecule has 0 aliphatic carbocycles. The van der Waals surface area contributed by atoms with E-state index in [1.54, 1.807) is 0 Å². The molecular weight excluding hydrogens is 170 g/mol. The van der Waals surface area contributed by atoms with Crippen LogP contribution in [0.4, 0.5) is 0 Å². The van der Waals surface area contributed by atoms with Gasteiger partial charge in [0.1, 0.15) is 0 Å². The minimum atomic E-state index is 0.559. The van der Waals surface area contributed by atoms with Gasteiger partial charge in [0, 0.05) is 6.20 Å². The first-order valence-corrected chi connectivity index (χ1v) is 4.95. The third-order valence-corrected chi connectivity index (χ3v) is 2.50. The molecule has 71 valence electrons. The van der Waals surface area contributed by atoms with Crippen LogP contribution in [0, 0.1) is 6.20 Å². The Balaban J connectivity index is 2.07. The van der Waals surface area contributed by atoms with E-state index in [9.17, 15) is 0 Å². The predicted octanol–water partition coefficient (Wildman–Crippen LogP) is 3.16. The van der Waals surface area contributed by atoms with Gasteiger partial charge >= 0.3 is 0 Å². The molecule has 1 heteroatoms. The molecule has 0 fully saturated rings. The van der Waals surface area contributed by atoms with E-state index < -0.39 is 0 Å². The van der Waals surface area contributed by atoms with Gasteiger partial charge in [-0.3, -0.25) is 0 Å². The van der Waals surface area contributed by atoms with E-state index in [2.05, 4.69) is 54.5 Å². The zero-order valence-electron chi connectivity index (χ0n) is 8.33. The first kappa shape index (κ1) is 9.07. The zero-order chi connectivity index (χ0) is 9.80. The van der Waals surface area contributed by atoms with Crippen molar-refractivity contribution in [2.24, 2.45) is 0 Å². The maximum absolute atomic E-state index is 3.11. The molecule has 0 saturated heterocycles. The van der Waals surface area contributed by atoms with E-state index in [1.807, 2.05) is 6.20 Å². The van der Waals surface area contributed by atoms with E-state index in [0.717, 1.165) is 6.42 Å². The highest BCUT2D eigenvalue weighted by Crippen LogP contribution is 2.19. The monoisotopic (exact) mass is 184 g/mol. The van der Waals surface area contributed by atoms with Gasteiger partial charge < -0.3 is 4.98 Å². The number of benzene rings is 1. The smallest absolute Gasteiger partial charge is 0.0655 e. The maximum Gasteiger partial charge on any atom is 0.0655 e. The van der Waals surface area contributed by atoms with E-state index >= 15 is 0 Å². The van der Waals surface area contributed by atoms with Crippen LogP contribution in [0.15, 0.2) is 42.6 Å². The van der Waals surface area contributed by atoms with Crippen molar-refractivity contribution >= 4 is 0 Å². The summed E-state index contributed by atoms with van der Waals surface area (Å²) in [5, 5.41) is 0. The lowest BCUT2D eigenvalue weighted by Gasteiger charge is -2.09. The van der Waals surface area contributed by atoms with Crippen molar-refractivity contribution in [2.45, 2.75) is 19.3 Å². The Morgan fingerprint density at radius 1 is 1.21 bits per heavy atom. The Bertz CT molecular complexity index is 361. The van der Waals surface area contributed by atoms with Crippen LogP contribution in [0.2, 0.25) is 0 Å². The molecule has 1 radical (unpaired) electrons. The van der Waals surface area contributed by atoms with Crippen LogP contribution in [-0.2, 0) is 6.42 Å². The quantitative estimate of drug-likeness (QED) is 0.754. The summed E-state index contributed by atoms with van der Waals surface area (Å²) >= 11 is 0. The molecule has 1 unspecified atom stereocenters. The highest BCUT2D eigenvalue weighted by atomic mass is 14.6. The van der Waals surface area contributed by atoms with Crippen LogP contribution >= 0.6 is 0 Å². The summed E-state index contributed by atoms with van der Waals surface area (Å²) in [6.07, 6.45) is 6.09. The van der Waals surface area contributed by atoms with Crippen molar-refractivity contribution < 1.29 is 0 Å². The average Bonchev–Trinajstić information content (AvgIpc) is 2.72. The van der Waals surface area contributed by atoms with Gasteiger partial charge in [0.25, 0.3) is 0 Å². The van der Waals surface area contributed by atoms with E-state index in [1.165, 1.54) is 11.1 Å². The van der Waals surface area contributed by atoms with Gasteiger partial charge in [-0.1, -0.05) is 37.3 Å². The zero-order valence-corrected chi connectivity index (χ0v) is 8.33. The van der Waals surface area contributed by atoms with E-state index in [-0.39, 0.29) is 0 Å². The van der Waals surface area contributed by atoms with Crippen LogP contribution in [0.5, 0.6) is 0 Å². The number of hydrogen-bond acceptors (Lipinski definition) is 0. The number of hydrogen-bond donors (Lipinski definition) is 1. The van der Waals surface area contributed by atoms with Crippen molar-refractivity contribution in [1.29, 1.82) is 0 Å². The molecule has 1 heterocycles. The second-order valence-electron chi connectivity index (χ2n) is 3.64. The van der Waals surface area contributed by atoms with Crippen molar-refractivity contribution in [3.8, 4) is 0 Å². The third-order valence-electron chi connectivity index (χ3n) is 2.50. The molecule has 1 aromatic heterocycles. The molecule has 1 N–H and O–H groups in total. The van der Waals surface area contributed by atoms with Crippen LogP contribution in [-0.4, -0.2) is 4.98 Å². The molecule has 14 heavy (non-hydrogen) atoms. The first-order chi connectivity index (χ1) is 6.86. The highest BCUT2D eigenvalue weighted by molar-refractivity contribution is 5.21. The van der Waals surface area contributed by atoms with Crippen LogP contribution in [0.1, 0.15) is 24.0 Å². The van der Waals surface area contributed by atoms with Crippen molar-refractivity contribution in [1.82, 2.24) is 4.98 Å². The Morgan fingerprint density at radius 3 is 2.64 bits per heavy atom. The largest absolute Gasteiger partial charge is 0.360 e. The van der Waals surface area contributed by atoms with Crippen LogP contribution < -0.4 is 0 Å². The standard InChI is InChI=1S/C13H14N/c1-11(9-12-7-8-14-10-12)13-5-3-2-4-6-13/h2-8,11,14H,9H2,1H3. The SMILES string of the molecule is CC(Cc1[c][nH]cc1)c1ccccc1. The molecule has 2 rings (SSSR count). The van der Waals surface area contributed by atoms with E-state index in [4.69, 9.17) is 0 Å². The summed E-state index contributed by atoms with van der Waals surface area (Å²) in [6.45, 7) is 2.25. The molecule has 1 aromatic carbocycles. The van der Waals surface area contributed by atoms with Crippen molar-refractivity contribution in [3.63, 3.8) is 0 Å². The number of aromatic nitrogens is 1. The molecule has 0 aliphatic rings. The summed E-state index contributed by atoms with van der Waals surface area (Å²) < 4.78 is 0. The Hall–Kier alpha value is -1.50. The molecule has 0 spiro atoms. The molecule has 2 aromatic rings. The van der Waals surface area contributed by atoms with Gasteiger partial charge in [0.2, 0.25) is 0 Å². The molecule has 1 nitrogen and oxygen atoms in total. The fraction of sp³-hybridized carbons (Fsp3) is 0.231. The lowest BCUT2D eigenvalue weighted by atomic mass is 9.95. The van der Waals surface area contributed by atoms with Crippen LogP contribution in [0.3, 0.4) is 0 Å². The normalized spacial score (nSPS) is 12.6. The molecule has 1 atom stereocenters. The van der Waals surface area contributed by atoms with Gasteiger partial charge in [-0.15, -0.1) is 0 Å². The first-order valence-electron chi connectivity index (χ1n) is 4.95. The molecule has 0 bridgehead atoms. The second kappa shape index (κ2) is 4.14. The number of rotatable bonds is 3. The number of H-pyrrole nitrogens is 1. The third kappa shape index (κ3) is 2.05. The summed E-state index contributed by atoms with van der Waals surface area (Å²) in [7, 11) is 0. The number of aromatic amines is 1. The molecule has 0 amide bonds. The minimum Gasteiger partial charge on any atom is -0.360 e. The molecular formula is C13H14N. The Kier molecular flexibility index (Phi) is 2.68. The van der Waals surface area contributed by atoms with Gasteiger partial charge in [-0.2, -0.15) is 0 Å². The second-order valence-corrected chi connectivity index (χ2v) is 3.64. The summed E-state index contributed by atoms with van der Waals surface area (Å²) in [5.74, 6) is 0.559. The fourth-order valence-electron chi connectivity index (χ4n) is 1.67. The Labute approximate surface area is 84.8 Å². The van der Waals surface area contributed by atoms with Gasteiger partial charge in [-0.25, -0.2) is 0 Å². The lowest BCUT2D eigenvalue weighted by Crippen LogP contribution is -1.96.